The van der Waals surface area contributed by atoms with Gasteiger partial charge in [0.1, 0.15) is 0 Å². The normalized spacial score (nSPS) is 12.3. The highest BCUT2D eigenvalue weighted by molar-refractivity contribution is 7.91. The van der Waals surface area contributed by atoms with Crippen LogP contribution < -0.4 is 5.32 Å². The van der Waals surface area contributed by atoms with Crippen LogP contribution in [-0.4, -0.2) is 37.7 Å². The Morgan fingerprint density at radius 2 is 1.54 bits per heavy atom. The lowest BCUT2D eigenvalue weighted by atomic mass is 10.0. The molecule has 0 saturated carbocycles. The van der Waals surface area contributed by atoms with Crippen molar-refractivity contribution in [3.63, 3.8) is 0 Å². The first-order valence-corrected chi connectivity index (χ1v) is 13.5. The maximum atomic E-state index is 13.2. The molecule has 0 saturated heterocycles. The minimum Gasteiger partial charge on any atom is -0.478 e. The number of benzene rings is 4. The summed E-state index contributed by atoms with van der Waals surface area (Å²) in [5.74, 6) is -1.02. The smallest absolute Gasteiger partial charge is 0.335 e. The van der Waals surface area contributed by atoms with Crippen LogP contribution in [-0.2, 0) is 16.3 Å². The second kappa shape index (κ2) is 11.7. The number of carboxylic acid groups (broad SMARTS) is 1. The van der Waals surface area contributed by atoms with Crippen LogP contribution in [0.5, 0.6) is 0 Å². The van der Waals surface area contributed by atoms with Crippen molar-refractivity contribution in [2.75, 3.05) is 13.1 Å². The fraction of sp³-hybridized carbons (Fsp3) is 0.138. The summed E-state index contributed by atoms with van der Waals surface area (Å²) in [5, 5.41) is 23.2. The van der Waals surface area contributed by atoms with Crippen LogP contribution in [0.2, 0.25) is 5.02 Å². The number of sulfone groups is 1. The molecule has 4 rings (SSSR count). The standard InChI is InChI=1S/C29H26ClNO5S/c30-25-5-1-4-24(17-25)28(32)19-31-16-15-20-7-13-26(14-8-20)37(35,36)27-6-2-3-23(18-27)21-9-11-22(12-10-21)29(33)34/h1-14,17-18,28,31-32H,15-16,19H2,(H,33,34). The number of hydrogen-bond acceptors (Lipinski definition) is 5. The maximum Gasteiger partial charge on any atom is 0.335 e. The Labute approximate surface area is 221 Å². The van der Waals surface area contributed by atoms with Crippen molar-refractivity contribution >= 4 is 27.4 Å². The number of aliphatic hydroxyl groups is 1. The quantitative estimate of drug-likeness (QED) is 0.235. The summed E-state index contributed by atoms with van der Waals surface area (Å²) in [7, 11) is -3.73. The van der Waals surface area contributed by atoms with Crippen LogP contribution >= 0.6 is 11.6 Å². The number of nitrogens with one attached hydrogen (secondary N) is 1. The van der Waals surface area contributed by atoms with E-state index in [2.05, 4.69) is 5.32 Å². The van der Waals surface area contributed by atoms with E-state index in [-0.39, 0.29) is 15.4 Å². The number of hydrogen-bond donors (Lipinski definition) is 3. The van der Waals surface area contributed by atoms with Gasteiger partial charge in [0.15, 0.2) is 0 Å². The molecule has 0 aliphatic rings. The van der Waals surface area contributed by atoms with Gasteiger partial charge in [0.25, 0.3) is 0 Å². The van der Waals surface area contributed by atoms with E-state index in [1.54, 1.807) is 78.9 Å². The second-order valence-electron chi connectivity index (χ2n) is 8.58. The van der Waals surface area contributed by atoms with E-state index in [0.717, 1.165) is 16.7 Å². The van der Waals surface area contributed by atoms with Crippen molar-refractivity contribution in [2.24, 2.45) is 0 Å². The van der Waals surface area contributed by atoms with Gasteiger partial charge in [-0.05, 0) is 83.8 Å². The third-order valence-corrected chi connectivity index (χ3v) is 8.01. The molecule has 4 aromatic rings. The highest BCUT2D eigenvalue weighted by Crippen LogP contribution is 2.27. The lowest BCUT2D eigenvalue weighted by molar-refractivity contribution is 0.0697. The molecule has 190 valence electrons. The molecule has 0 heterocycles. The van der Waals surface area contributed by atoms with Crippen molar-refractivity contribution in [3.8, 4) is 11.1 Å². The van der Waals surface area contributed by atoms with Gasteiger partial charge in [-0.1, -0.05) is 60.1 Å². The Morgan fingerprint density at radius 1 is 0.838 bits per heavy atom. The van der Waals surface area contributed by atoms with Gasteiger partial charge in [-0.2, -0.15) is 0 Å². The first kappa shape index (κ1) is 26.6. The van der Waals surface area contributed by atoms with E-state index in [9.17, 15) is 18.3 Å². The molecule has 37 heavy (non-hydrogen) atoms. The minimum absolute atomic E-state index is 0.164. The molecule has 6 nitrogen and oxygen atoms in total. The van der Waals surface area contributed by atoms with Crippen LogP contribution in [0.4, 0.5) is 0 Å². The predicted octanol–water partition coefficient (Wildman–Crippen LogP) is 5.40. The summed E-state index contributed by atoms with van der Waals surface area (Å²) in [4.78, 5) is 11.4. The van der Waals surface area contributed by atoms with E-state index in [0.29, 0.717) is 30.1 Å². The summed E-state index contributed by atoms with van der Waals surface area (Å²) in [6.45, 7) is 0.995. The SMILES string of the molecule is O=C(O)c1ccc(-c2cccc(S(=O)(=O)c3ccc(CCNCC(O)c4cccc(Cl)c4)cc3)c2)cc1. The van der Waals surface area contributed by atoms with Gasteiger partial charge in [-0.3, -0.25) is 0 Å². The molecule has 0 amide bonds. The van der Waals surface area contributed by atoms with Gasteiger partial charge < -0.3 is 15.5 Å². The predicted molar refractivity (Wildman–Crippen MR) is 144 cm³/mol. The van der Waals surface area contributed by atoms with E-state index >= 15 is 0 Å². The van der Waals surface area contributed by atoms with E-state index in [1.165, 1.54) is 12.1 Å². The Morgan fingerprint density at radius 3 is 2.22 bits per heavy atom. The average molecular weight is 536 g/mol. The van der Waals surface area contributed by atoms with Crippen LogP contribution in [0.15, 0.2) is 107 Å². The molecule has 0 radical (unpaired) electrons. The number of halogens is 1. The number of aromatic carboxylic acids is 1. The molecule has 3 N–H and O–H groups in total. The van der Waals surface area contributed by atoms with Gasteiger partial charge in [-0.25, -0.2) is 13.2 Å². The highest BCUT2D eigenvalue weighted by atomic mass is 35.5. The molecular weight excluding hydrogens is 510 g/mol. The average Bonchev–Trinajstić information content (AvgIpc) is 2.91. The number of carbonyl (C=O) groups is 1. The molecule has 1 unspecified atom stereocenters. The van der Waals surface area contributed by atoms with E-state index in [4.69, 9.17) is 16.7 Å². The zero-order valence-corrected chi connectivity index (χ0v) is 21.4. The fourth-order valence-corrected chi connectivity index (χ4v) is 5.43. The molecule has 0 fully saturated rings. The number of rotatable bonds is 10. The van der Waals surface area contributed by atoms with Gasteiger partial charge >= 0.3 is 5.97 Å². The first-order valence-electron chi connectivity index (χ1n) is 11.7. The van der Waals surface area contributed by atoms with Gasteiger partial charge in [0, 0.05) is 11.6 Å². The molecule has 1 atom stereocenters. The number of carboxylic acids is 1. The monoisotopic (exact) mass is 535 g/mol. The van der Waals surface area contributed by atoms with Crippen molar-refractivity contribution in [1.29, 1.82) is 0 Å². The van der Waals surface area contributed by atoms with Crippen molar-refractivity contribution in [2.45, 2.75) is 22.3 Å². The maximum absolute atomic E-state index is 13.2. The van der Waals surface area contributed by atoms with Crippen molar-refractivity contribution in [1.82, 2.24) is 5.32 Å². The fourth-order valence-electron chi connectivity index (χ4n) is 3.92. The van der Waals surface area contributed by atoms with Gasteiger partial charge in [0.05, 0.1) is 21.5 Å². The minimum atomic E-state index is -3.73. The third-order valence-electron chi connectivity index (χ3n) is 6.00. The zero-order chi connectivity index (χ0) is 26.4. The Hall–Kier alpha value is -3.49. The molecule has 4 aromatic carbocycles. The van der Waals surface area contributed by atoms with E-state index < -0.39 is 21.9 Å². The van der Waals surface area contributed by atoms with Crippen LogP contribution in [0.25, 0.3) is 11.1 Å². The molecular formula is C29H26ClNO5S. The molecule has 0 aromatic heterocycles. The topological polar surface area (TPSA) is 104 Å². The Bertz CT molecular complexity index is 1490. The molecule has 0 aliphatic heterocycles. The molecule has 0 spiro atoms. The number of aliphatic hydroxyl groups excluding tert-OH is 1. The molecule has 0 aliphatic carbocycles. The van der Waals surface area contributed by atoms with Crippen molar-refractivity contribution in [3.05, 3.63) is 119 Å². The Kier molecular flexibility index (Phi) is 8.41. The summed E-state index contributed by atoms with van der Waals surface area (Å²) in [6.07, 6.45) is 0.00169. The Balaban J connectivity index is 1.38. The lowest BCUT2D eigenvalue weighted by Gasteiger charge is -2.13. The summed E-state index contributed by atoms with van der Waals surface area (Å²) in [5.41, 5.74) is 3.29. The zero-order valence-electron chi connectivity index (χ0n) is 19.8. The molecule has 0 bridgehead atoms. The summed E-state index contributed by atoms with van der Waals surface area (Å²) < 4.78 is 26.5. The van der Waals surface area contributed by atoms with Crippen molar-refractivity contribution < 1.29 is 23.4 Å². The van der Waals surface area contributed by atoms with Gasteiger partial charge in [-0.15, -0.1) is 0 Å². The highest BCUT2D eigenvalue weighted by Gasteiger charge is 2.18. The van der Waals surface area contributed by atoms with Gasteiger partial charge in [0.2, 0.25) is 9.84 Å². The molecule has 8 heteroatoms. The van der Waals surface area contributed by atoms with Crippen LogP contribution in [0.1, 0.15) is 27.6 Å². The van der Waals surface area contributed by atoms with Crippen LogP contribution in [0, 0.1) is 0 Å². The first-order chi connectivity index (χ1) is 17.7. The second-order valence-corrected chi connectivity index (χ2v) is 11.0. The summed E-state index contributed by atoms with van der Waals surface area (Å²) >= 11 is 5.97. The largest absolute Gasteiger partial charge is 0.478 e. The summed E-state index contributed by atoms with van der Waals surface area (Å²) in [6, 6.07) is 26.8. The third kappa shape index (κ3) is 6.64. The van der Waals surface area contributed by atoms with Crippen LogP contribution in [0.3, 0.4) is 0 Å². The van der Waals surface area contributed by atoms with E-state index in [1.807, 2.05) is 6.07 Å². The lowest BCUT2D eigenvalue weighted by Crippen LogP contribution is -2.23.